The first-order valence-corrected chi connectivity index (χ1v) is 10.7. The maximum Gasteiger partial charge on any atom is 0.340 e. The average molecular weight is 445 g/mol. The number of thiophene rings is 1. The van der Waals surface area contributed by atoms with Gasteiger partial charge in [0.2, 0.25) is 0 Å². The van der Waals surface area contributed by atoms with Crippen molar-refractivity contribution in [3.05, 3.63) is 45.8 Å². The van der Waals surface area contributed by atoms with Crippen LogP contribution >= 0.6 is 11.3 Å². The summed E-state index contributed by atoms with van der Waals surface area (Å²) in [5, 5.41) is 8.25. The minimum Gasteiger partial charge on any atom is -0.452 e. The molecule has 31 heavy (non-hydrogen) atoms. The molecule has 1 aliphatic carbocycles. The molecule has 0 atom stereocenters. The Bertz CT molecular complexity index is 1030. The topological polar surface area (TPSA) is 140 Å². The Morgan fingerprint density at radius 2 is 1.87 bits per heavy atom. The Morgan fingerprint density at radius 3 is 2.58 bits per heavy atom. The van der Waals surface area contributed by atoms with Gasteiger partial charge < -0.3 is 26.4 Å². The van der Waals surface area contributed by atoms with Crippen LogP contribution in [0.2, 0.25) is 0 Å². The van der Waals surface area contributed by atoms with Crippen LogP contribution in [-0.4, -0.2) is 36.5 Å². The van der Waals surface area contributed by atoms with E-state index in [1.54, 1.807) is 18.2 Å². The fraction of sp³-hybridized carbons (Fsp3) is 0.333. The van der Waals surface area contributed by atoms with Crippen molar-refractivity contribution in [1.29, 1.82) is 0 Å². The number of primary amides is 1. The lowest BCUT2D eigenvalue weighted by molar-refractivity contribution is -0.119. The van der Waals surface area contributed by atoms with E-state index in [0.717, 1.165) is 29.7 Å². The quantitative estimate of drug-likeness (QED) is 0.486. The molecular weight excluding hydrogens is 420 g/mol. The number of aryl methyl sites for hydroxylation is 1. The van der Waals surface area contributed by atoms with Crippen LogP contribution in [0.15, 0.2) is 24.3 Å². The van der Waals surface area contributed by atoms with Crippen LogP contribution in [0.1, 0.15) is 51.4 Å². The first kappa shape index (κ1) is 22.3. The Kier molecular flexibility index (Phi) is 6.91. The maximum atomic E-state index is 12.5. The number of anilines is 2. The van der Waals surface area contributed by atoms with E-state index in [-0.39, 0.29) is 17.3 Å². The van der Waals surface area contributed by atoms with Gasteiger partial charge >= 0.3 is 12.0 Å². The van der Waals surface area contributed by atoms with Gasteiger partial charge in [0.15, 0.2) is 6.61 Å². The number of benzene rings is 1. The molecule has 5 N–H and O–H groups in total. The number of nitrogens with two attached hydrogens (primary N) is 1. The monoisotopic (exact) mass is 444 g/mol. The van der Waals surface area contributed by atoms with Crippen molar-refractivity contribution < 1.29 is 23.9 Å². The summed E-state index contributed by atoms with van der Waals surface area (Å²) < 4.78 is 5.11. The Balaban J connectivity index is 1.62. The van der Waals surface area contributed by atoms with Crippen molar-refractivity contribution in [3.63, 3.8) is 0 Å². The van der Waals surface area contributed by atoms with Crippen molar-refractivity contribution in [1.82, 2.24) is 5.32 Å². The van der Waals surface area contributed by atoms with Gasteiger partial charge in [0.25, 0.3) is 11.8 Å². The number of fused-ring (bicyclic) bond motifs is 1. The van der Waals surface area contributed by atoms with E-state index in [0.29, 0.717) is 10.6 Å². The zero-order valence-electron chi connectivity index (χ0n) is 17.2. The Hall–Kier alpha value is -3.40. The largest absolute Gasteiger partial charge is 0.452 e. The molecule has 0 fully saturated rings. The van der Waals surface area contributed by atoms with E-state index >= 15 is 0 Å². The van der Waals surface area contributed by atoms with Gasteiger partial charge in [0.1, 0.15) is 5.00 Å². The lowest BCUT2D eigenvalue weighted by Gasteiger charge is -2.13. The highest BCUT2D eigenvalue weighted by Crippen LogP contribution is 2.38. The van der Waals surface area contributed by atoms with Crippen LogP contribution < -0.4 is 21.7 Å². The Morgan fingerprint density at radius 1 is 1.13 bits per heavy atom. The minimum absolute atomic E-state index is 0.0771. The Labute approximate surface area is 183 Å². The first-order valence-electron chi connectivity index (χ1n) is 9.84. The lowest BCUT2D eigenvalue weighted by atomic mass is 10.1. The van der Waals surface area contributed by atoms with E-state index < -0.39 is 30.4 Å². The fourth-order valence-electron chi connectivity index (χ4n) is 3.32. The molecule has 9 nitrogen and oxygen atoms in total. The fourth-order valence-corrected chi connectivity index (χ4v) is 4.63. The summed E-state index contributed by atoms with van der Waals surface area (Å²) in [6, 6.07) is 5.79. The second-order valence-electron chi connectivity index (χ2n) is 7.35. The summed E-state index contributed by atoms with van der Waals surface area (Å²) in [6.45, 7) is 3.07. The SMILES string of the molecule is CC(C)NC(=O)Nc1ccccc1C(=O)OCC(=O)Nc1sc2c(c1C(N)=O)CCC2. The van der Waals surface area contributed by atoms with Gasteiger partial charge in [0, 0.05) is 10.9 Å². The number of nitrogens with one attached hydrogen (secondary N) is 3. The maximum absolute atomic E-state index is 12.5. The molecule has 0 radical (unpaired) electrons. The number of carbonyl (C=O) groups is 4. The molecule has 2 aromatic rings. The molecule has 0 aliphatic heterocycles. The second-order valence-corrected chi connectivity index (χ2v) is 8.45. The number of para-hydroxylation sites is 1. The standard InChI is InChI=1S/C21H24N4O5S/c1-11(2)23-21(29)24-14-8-4-3-6-12(14)20(28)30-10-16(26)25-19-17(18(22)27)13-7-5-9-15(13)31-19/h3-4,6,8,11H,5,7,9-10H2,1-2H3,(H2,22,27)(H,25,26)(H2,23,24,29). The first-order chi connectivity index (χ1) is 14.8. The zero-order chi connectivity index (χ0) is 22.5. The number of ether oxygens (including phenoxy) is 1. The number of urea groups is 1. The number of hydrogen-bond acceptors (Lipinski definition) is 6. The molecule has 0 unspecified atom stereocenters. The van der Waals surface area contributed by atoms with Gasteiger partial charge in [-0.3, -0.25) is 9.59 Å². The number of esters is 1. The van der Waals surface area contributed by atoms with Gasteiger partial charge in [-0.1, -0.05) is 12.1 Å². The van der Waals surface area contributed by atoms with E-state index in [2.05, 4.69) is 16.0 Å². The summed E-state index contributed by atoms with van der Waals surface area (Å²) >= 11 is 1.32. The summed E-state index contributed by atoms with van der Waals surface area (Å²) in [4.78, 5) is 49.6. The molecule has 1 aromatic heterocycles. The number of amides is 4. The zero-order valence-corrected chi connectivity index (χ0v) is 18.1. The molecule has 4 amide bonds. The van der Waals surface area contributed by atoms with Crippen molar-refractivity contribution in [2.24, 2.45) is 5.73 Å². The second kappa shape index (κ2) is 9.61. The average Bonchev–Trinajstić information content (AvgIpc) is 3.26. The van der Waals surface area contributed by atoms with E-state index in [9.17, 15) is 19.2 Å². The van der Waals surface area contributed by atoms with E-state index in [4.69, 9.17) is 10.5 Å². The number of carbonyl (C=O) groups excluding carboxylic acids is 4. The van der Waals surface area contributed by atoms with Gasteiger partial charge in [-0.2, -0.15) is 0 Å². The van der Waals surface area contributed by atoms with Crippen LogP contribution in [0, 0.1) is 0 Å². The van der Waals surface area contributed by atoms with Crippen molar-refractivity contribution >= 4 is 45.8 Å². The third kappa shape index (κ3) is 5.40. The van der Waals surface area contributed by atoms with E-state index in [1.165, 1.54) is 17.4 Å². The molecule has 0 saturated heterocycles. The molecule has 0 spiro atoms. The minimum atomic E-state index is -0.764. The molecule has 0 saturated carbocycles. The molecule has 1 aromatic carbocycles. The van der Waals surface area contributed by atoms with Crippen molar-refractivity contribution in [2.75, 3.05) is 17.2 Å². The summed E-state index contributed by atoms with van der Waals surface area (Å²) in [7, 11) is 0. The van der Waals surface area contributed by atoms with Gasteiger partial charge in [-0.15, -0.1) is 11.3 Å². The van der Waals surface area contributed by atoms with Crippen LogP contribution in [-0.2, 0) is 22.4 Å². The third-order valence-corrected chi connectivity index (χ3v) is 5.78. The highest BCUT2D eigenvalue weighted by atomic mass is 32.1. The molecule has 164 valence electrons. The molecule has 1 aliphatic rings. The predicted molar refractivity (Wildman–Crippen MR) is 118 cm³/mol. The van der Waals surface area contributed by atoms with Gasteiger partial charge in [-0.05, 0) is 50.8 Å². The summed E-state index contributed by atoms with van der Waals surface area (Å²) in [5.41, 5.74) is 7.09. The highest BCUT2D eigenvalue weighted by molar-refractivity contribution is 7.17. The van der Waals surface area contributed by atoms with Crippen LogP contribution in [0.4, 0.5) is 15.5 Å². The normalized spacial score (nSPS) is 12.2. The van der Waals surface area contributed by atoms with Crippen LogP contribution in [0.5, 0.6) is 0 Å². The van der Waals surface area contributed by atoms with Gasteiger partial charge in [-0.25, -0.2) is 9.59 Å². The molecule has 0 bridgehead atoms. The van der Waals surface area contributed by atoms with Gasteiger partial charge in [0.05, 0.1) is 16.8 Å². The lowest BCUT2D eigenvalue weighted by Crippen LogP contribution is -2.34. The molecule has 3 rings (SSSR count). The van der Waals surface area contributed by atoms with E-state index in [1.807, 2.05) is 13.8 Å². The molecule has 1 heterocycles. The van der Waals surface area contributed by atoms with Crippen molar-refractivity contribution in [3.8, 4) is 0 Å². The van der Waals surface area contributed by atoms with Crippen LogP contribution in [0.3, 0.4) is 0 Å². The number of hydrogen-bond donors (Lipinski definition) is 4. The smallest absolute Gasteiger partial charge is 0.340 e. The van der Waals surface area contributed by atoms with Crippen LogP contribution in [0.25, 0.3) is 0 Å². The highest BCUT2D eigenvalue weighted by Gasteiger charge is 2.26. The third-order valence-electron chi connectivity index (χ3n) is 4.57. The number of rotatable bonds is 7. The predicted octanol–water partition coefficient (Wildman–Crippen LogP) is 2.66. The summed E-state index contributed by atoms with van der Waals surface area (Å²) in [5.74, 6) is -1.94. The van der Waals surface area contributed by atoms with Crippen molar-refractivity contribution in [2.45, 2.75) is 39.2 Å². The molecule has 10 heteroatoms. The molecular formula is C21H24N4O5S. The summed E-state index contributed by atoms with van der Waals surface area (Å²) in [6.07, 6.45) is 2.55.